The first-order chi connectivity index (χ1) is 7.54. The highest BCUT2D eigenvalue weighted by Gasteiger charge is 2.30. The molecule has 0 unspecified atom stereocenters. The number of halogens is 4. The Morgan fingerprint density at radius 2 is 2.00 bits per heavy atom. The van der Waals surface area contributed by atoms with E-state index in [2.05, 4.69) is 11.8 Å². The third-order valence-corrected chi connectivity index (χ3v) is 2.13. The van der Waals surface area contributed by atoms with Gasteiger partial charge in [0.1, 0.15) is 0 Å². The lowest BCUT2D eigenvalue weighted by Crippen LogP contribution is -2.04. The Kier molecular flexibility index (Phi) is 4.70. The minimum absolute atomic E-state index is 0.379. The molecule has 0 aliphatic carbocycles. The van der Waals surface area contributed by atoms with Crippen LogP contribution in [-0.2, 0) is 6.18 Å². The third kappa shape index (κ3) is 4.16. The van der Waals surface area contributed by atoms with Crippen molar-refractivity contribution in [3.8, 4) is 11.8 Å². The first kappa shape index (κ1) is 12.9. The lowest BCUT2D eigenvalue weighted by atomic mass is 10.1. The number of alkyl halides is 4. The highest BCUT2D eigenvalue weighted by molar-refractivity contribution is 6.17. The summed E-state index contributed by atoms with van der Waals surface area (Å²) in [5, 5.41) is 0. The van der Waals surface area contributed by atoms with Gasteiger partial charge in [-0.3, -0.25) is 0 Å². The standard InChI is InChI=1S/C12H10ClF3/c13-8-3-1-2-5-10-6-4-7-11(9-10)12(14,15)16/h4,6-7,9H,1,3,8H2. The summed E-state index contributed by atoms with van der Waals surface area (Å²) in [5.74, 6) is 5.97. The van der Waals surface area contributed by atoms with Gasteiger partial charge in [-0.2, -0.15) is 13.2 Å². The number of benzene rings is 1. The molecule has 0 nitrogen and oxygen atoms in total. The monoisotopic (exact) mass is 246 g/mol. The zero-order valence-corrected chi connectivity index (χ0v) is 9.20. The Bertz CT molecular complexity index is 399. The molecule has 16 heavy (non-hydrogen) atoms. The van der Waals surface area contributed by atoms with Crippen molar-refractivity contribution in [3.63, 3.8) is 0 Å². The Morgan fingerprint density at radius 1 is 1.25 bits per heavy atom. The summed E-state index contributed by atoms with van der Waals surface area (Å²) in [4.78, 5) is 0. The van der Waals surface area contributed by atoms with Crippen molar-refractivity contribution in [1.82, 2.24) is 0 Å². The van der Waals surface area contributed by atoms with Gasteiger partial charge in [0, 0.05) is 17.9 Å². The molecule has 0 aromatic heterocycles. The van der Waals surface area contributed by atoms with E-state index in [1.165, 1.54) is 6.07 Å². The molecule has 1 rings (SSSR count). The predicted octanol–water partition coefficient (Wildman–Crippen LogP) is 4.08. The van der Waals surface area contributed by atoms with Crippen LogP contribution in [0.3, 0.4) is 0 Å². The Balaban J connectivity index is 2.78. The molecule has 0 N–H and O–H groups in total. The fourth-order valence-electron chi connectivity index (χ4n) is 1.09. The molecule has 4 heteroatoms. The van der Waals surface area contributed by atoms with Crippen molar-refractivity contribution in [3.05, 3.63) is 35.4 Å². The fourth-order valence-corrected chi connectivity index (χ4v) is 1.23. The van der Waals surface area contributed by atoms with Crippen molar-refractivity contribution in [2.75, 3.05) is 5.88 Å². The summed E-state index contributed by atoms with van der Waals surface area (Å²) in [6.07, 6.45) is -2.97. The zero-order valence-electron chi connectivity index (χ0n) is 8.44. The van der Waals surface area contributed by atoms with Gasteiger partial charge in [0.05, 0.1) is 5.56 Å². The van der Waals surface area contributed by atoms with Crippen LogP contribution in [0.4, 0.5) is 13.2 Å². The molecule has 0 saturated carbocycles. The van der Waals surface area contributed by atoms with Crippen molar-refractivity contribution in [2.24, 2.45) is 0 Å². The molecule has 0 aliphatic rings. The maximum absolute atomic E-state index is 12.3. The molecule has 0 bridgehead atoms. The molecule has 0 heterocycles. The Morgan fingerprint density at radius 3 is 2.62 bits per heavy atom. The molecule has 0 spiro atoms. The van der Waals surface area contributed by atoms with Crippen LogP contribution in [0.25, 0.3) is 0 Å². The van der Waals surface area contributed by atoms with Crippen LogP contribution in [-0.4, -0.2) is 5.88 Å². The van der Waals surface area contributed by atoms with Crippen molar-refractivity contribution in [1.29, 1.82) is 0 Å². The molecule has 0 aliphatic heterocycles. The Labute approximate surface area is 97.4 Å². The van der Waals surface area contributed by atoms with Gasteiger partial charge in [0.2, 0.25) is 0 Å². The number of unbranched alkanes of at least 4 members (excludes halogenated alkanes) is 1. The summed E-state index contributed by atoms with van der Waals surface area (Å²) in [5.41, 5.74) is -0.291. The summed E-state index contributed by atoms with van der Waals surface area (Å²) in [6.45, 7) is 0. The van der Waals surface area contributed by atoms with E-state index in [1.54, 1.807) is 6.07 Å². The minimum Gasteiger partial charge on any atom is -0.166 e. The normalized spacial score (nSPS) is 10.8. The molecule has 1 aromatic carbocycles. The molecule has 0 amide bonds. The second kappa shape index (κ2) is 5.81. The molecule has 0 atom stereocenters. The Hall–Kier alpha value is -1.14. The first-order valence-electron chi connectivity index (χ1n) is 4.76. The number of hydrogen-bond acceptors (Lipinski definition) is 0. The van der Waals surface area contributed by atoms with Gasteiger partial charge in [-0.1, -0.05) is 17.9 Å². The zero-order chi connectivity index (χ0) is 12.0. The first-order valence-corrected chi connectivity index (χ1v) is 5.29. The van der Waals surface area contributed by atoms with Crippen LogP contribution >= 0.6 is 11.6 Å². The van der Waals surface area contributed by atoms with Gasteiger partial charge in [0.15, 0.2) is 0 Å². The number of hydrogen-bond donors (Lipinski definition) is 0. The SMILES string of the molecule is FC(F)(F)c1cccc(C#CCCCCl)c1. The van der Waals surface area contributed by atoms with E-state index in [1.807, 2.05) is 0 Å². The molecule has 0 fully saturated rings. The summed E-state index contributed by atoms with van der Waals surface area (Å²) in [6, 6.07) is 5.00. The molecule has 0 radical (unpaired) electrons. The van der Waals surface area contributed by atoms with Crippen molar-refractivity contribution < 1.29 is 13.2 Å². The molecule has 1 aromatic rings. The predicted molar refractivity (Wildman–Crippen MR) is 58.3 cm³/mol. The van der Waals surface area contributed by atoms with Crippen LogP contribution in [0.2, 0.25) is 0 Å². The second-order valence-electron chi connectivity index (χ2n) is 3.17. The molecular weight excluding hydrogens is 237 g/mol. The van der Waals surface area contributed by atoms with E-state index in [9.17, 15) is 13.2 Å². The smallest absolute Gasteiger partial charge is 0.166 e. The van der Waals surface area contributed by atoms with E-state index < -0.39 is 11.7 Å². The van der Waals surface area contributed by atoms with Crippen molar-refractivity contribution >= 4 is 11.6 Å². The fraction of sp³-hybridized carbons (Fsp3) is 0.333. The average molecular weight is 247 g/mol. The maximum Gasteiger partial charge on any atom is 0.416 e. The van der Waals surface area contributed by atoms with Crippen LogP contribution < -0.4 is 0 Å². The highest BCUT2D eigenvalue weighted by atomic mass is 35.5. The highest BCUT2D eigenvalue weighted by Crippen LogP contribution is 2.29. The lowest BCUT2D eigenvalue weighted by molar-refractivity contribution is -0.137. The van der Waals surface area contributed by atoms with Gasteiger partial charge in [-0.15, -0.1) is 11.6 Å². The van der Waals surface area contributed by atoms with E-state index >= 15 is 0 Å². The van der Waals surface area contributed by atoms with Crippen LogP contribution in [0.15, 0.2) is 24.3 Å². The van der Waals surface area contributed by atoms with E-state index in [0.29, 0.717) is 17.9 Å². The second-order valence-corrected chi connectivity index (χ2v) is 3.55. The molecule has 86 valence electrons. The molecule has 0 saturated heterocycles. The van der Waals surface area contributed by atoms with Crippen LogP contribution in [0.1, 0.15) is 24.0 Å². The van der Waals surface area contributed by atoms with Gasteiger partial charge in [-0.05, 0) is 24.6 Å². The number of rotatable bonds is 2. The topological polar surface area (TPSA) is 0 Å². The lowest BCUT2D eigenvalue weighted by Gasteiger charge is -2.05. The van der Waals surface area contributed by atoms with Gasteiger partial charge in [-0.25, -0.2) is 0 Å². The van der Waals surface area contributed by atoms with Crippen molar-refractivity contribution in [2.45, 2.75) is 19.0 Å². The summed E-state index contributed by atoms with van der Waals surface area (Å²) < 4.78 is 37.0. The summed E-state index contributed by atoms with van der Waals surface area (Å²) >= 11 is 5.45. The van der Waals surface area contributed by atoms with Gasteiger partial charge >= 0.3 is 6.18 Å². The quantitative estimate of drug-likeness (QED) is 0.419. The van der Waals surface area contributed by atoms with E-state index in [-0.39, 0.29) is 0 Å². The van der Waals surface area contributed by atoms with Gasteiger partial charge in [0.25, 0.3) is 0 Å². The van der Waals surface area contributed by atoms with Gasteiger partial charge < -0.3 is 0 Å². The third-order valence-electron chi connectivity index (χ3n) is 1.86. The molecular formula is C12H10ClF3. The summed E-state index contributed by atoms with van der Waals surface area (Å²) in [7, 11) is 0. The average Bonchev–Trinajstić information content (AvgIpc) is 2.24. The minimum atomic E-state index is -4.31. The van der Waals surface area contributed by atoms with E-state index in [0.717, 1.165) is 18.6 Å². The van der Waals surface area contributed by atoms with E-state index in [4.69, 9.17) is 11.6 Å². The largest absolute Gasteiger partial charge is 0.416 e. The maximum atomic E-state index is 12.3. The van der Waals surface area contributed by atoms with Crippen LogP contribution in [0, 0.1) is 11.8 Å². The van der Waals surface area contributed by atoms with Crippen LogP contribution in [0.5, 0.6) is 0 Å².